The highest BCUT2D eigenvalue weighted by atomic mass is 16.2. The number of aromatic nitrogens is 2. The van der Waals surface area contributed by atoms with Crippen molar-refractivity contribution in [3.05, 3.63) is 12.3 Å². The third-order valence-electron chi connectivity index (χ3n) is 7.83. The fourth-order valence-electron chi connectivity index (χ4n) is 5.90. The number of carbonyl (C=O) groups excluding carboxylic acids is 1. The summed E-state index contributed by atoms with van der Waals surface area (Å²) in [6, 6.07) is 3.33. The molecule has 1 aliphatic carbocycles. The van der Waals surface area contributed by atoms with E-state index in [1.165, 1.54) is 57.8 Å². The Balaban J connectivity index is 1.43. The summed E-state index contributed by atoms with van der Waals surface area (Å²) in [5.74, 6) is 1.68. The van der Waals surface area contributed by atoms with Gasteiger partial charge in [-0.25, -0.2) is 4.98 Å². The number of likely N-dealkylation sites (tertiary alicyclic amines) is 1. The molecule has 0 radical (unpaired) electrons. The van der Waals surface area contributed by atoms with Gasteiger partial charge in [-0.3, -0.25) is 9.69 Å². The summed E-state index contributed by atoms with van der Waals surface area (Å²) >= 11 is 0. The van der Waals surface area contributed by atoms with Gasteiger partial charge in [-0.05, 0) is 58.4 Å². The van der Waals surface area contributed by atoms with E-state index in [0.717, 1.165) is 44.2 Å². The summed E-state index contributed by atoms with van der Waals surface area (Å²) < 4.78 is 0. The Morgan fingerprint density at radius 3 is 2.47 bits per heavy atom. The number of rotatable bonds is 8. The van der Waals surface area contributed by atoms with Crippen LogP contribution in [0.1, 0.15) is 84.5 Å². The lowest BCUT2D eigenvalue weighted by Gasteiger charge is -2.37. The minimum atomic E-state index is -0.849. The highest BCUT2D eigenvalue weighted by Crippen LogP contribution is 2.32. The van der Waals surface area contributed by atoms with Crippen molar-refractivity contribution in [3.63, 3.8) is 0 Å². The molecule has 2 saturated heterocycles. The van der Waals surface area contributed by atoms with Gasteiger partial charge in [-0.1, -0.05) is 32.1 Å². The van der Waals surface area contributed by atoms with Crippen LogP contribution < -0.4 is 21.3 Å². The average Bonchev–Trinajstić information content (AvgIpc) is 3.03. The summed E-state index contributed by atoms with van der Waals surface area (Å²) in [4.78, 5) is 26.9. The highest BCUT2D eigenvalue weighted by Gasteiger charge is 2.38. The van der Waals surface area contributed by atoms with Crippen molar-refractivity contribution in [2.45, 2.75) is 108 Å². The first kappa shape index (κ1) is 25.2. The quantitative estimate of drug-likeness (QED) is 0.535. The van der Waals surface area contributed by atoms with Crippen molar-refractivity contribution in [1.82, 2.24) is 20.2 Å². The number of nitrogens with one attached hydrogen (secondary N) is 2. The summed E-state index contributed by atoms with van der Waals surface area (Å²) in [7, 11) is 0. The van der Waals surface area contributed by atoms with Crippen LogP contribution in [0.3, 0.4) is 0 Å². The zero-order chi connectivity index (χ0) is 24.0. The predicted molar refractivity (Wildman–Crippen MR) is 138 cm³/mol. The first-order chi connectivity index (χ1) is 16.4. The molecule has 2 aliphatic heterocycles. The standard InChI is InChI=1S/C26H45N7O/c1-26(2,27)24(34)28-15-12-22-21(14-19-33(22)20-10-6-5-7-11-20)30-25-29-16-13-23(31-25)32-17-8-3-4-9-18-32/h13,16,20-22H,3-12,14-15,17-19,27H2,1-2H3,(H,28,34)(H,29,30,31). The molecule has 2 unspecified atom stereocenters. The third-order valence-corrected chi connectivity index (χ3v) is 7.83. The smallest absolute Gasteiger partial charge is 0.239 e. The minimum absolute atomic E-state index is 0.0901. The monoisotopic (exact) mass is 471 g/mol. The second-order valence-electron chi connectivity index (χ2n) is 11.0. The second-order valence-corrected chi connectivity index (χ2v) is 11.0. The maximum absolute atomic E-state index is 12.3. The van der Waals surface area contributed by atoms with Crippen LogP contribution in [-0.2, 0) is 4.79 Å². The minimum Gasteiger partial charge on any atom is -0.356 e. The van der Waals surface area contributed by atoms with Gasteiger partial charge < -0.3 is 21.3 Å². The Morgan fingerprint density at radius 1 is 1.06 bits per heavy atom. The van der Waals surface area contributed by atoms with E-state index in [9.17, 15) is 4.79 Å². The van der Waals surface area contributed by atoms with Gasteiger partial charge in [-0.15, -0.1) is 0 Å². The van der Waals surface area contributed by atoms with E-state index in [2.05, 4.69) is 25.4 Å². The number of nitrogens with zero attached hydrogens (tertiary/aromatic N) is 4. The molecular weight excluding hydrogens is 426 g/mol. The topological polar surface area (TPSA) is 99.4 Å². The lowest BCUT2D eigenvalue weighted by molar-refractivity contribution is -0.125. The van der Waals surface area contributed by atoms with Gasteiger partial charge in [0, 0.05) is 50.5 Å². The lowest BCUT2D eigenvalue weighted by atomic mass is 9.93. The van der Waals surface area contributed by atoms with Crippen LogP contribution in [0.5, 0.6) is 0 Å². The van der Waals surface area contributed by atoms with Crippen molar-refractivity contribution >= 4 is 17.7 Å². The molecule has 8 nitrogen and oxygen atoms in total. The Bertz CT molecular complexity index is 782. The van der Waals surface area contributed by atoms with E-state index in [1.54, 1.807) is 13.8 Å². The third kappa shape index (κ3) is 6.60. The Morgan fingerprint density at radius 2 is 1.76 bits per heavy atom. The first-order valence-electron chi connectivity index (χ1n) is 13.6. The normalized spacial score (nSPS) is 25.2. The maximum Gasteiger partial charge on any atom is 0.239 e. The van der Waals surface area contributed by atoms with Gasteiger partial charge in [0.15, 0.2) is 0 Å². The molecule has 3 heterocycles. The van der Waals surface area contributed by atoms with E-state index in [1.807, 2.05) is 12.3 Å². The Labute approximate surface area is 205 Å². The number of hydrogen-bond donors (Lipinski definition) is 3. The van der Waals surface area contributed by atoms with Crippen molar-refractivity contribution in [1.29, 1.82) is 0 Å². The largest absolute Gasteiger partial charge is 0.356 e. The molecule has 3 aliphatic rings. The molecule has 4 rings (SSSR count). The van der Waals surface area contributed by atoms with Crippen LogP contribution in [0.2, 0.25) is 0 Å². The highest BCUT2D eigenvalue weighted by molar-refractivity contribution is 5.84. The number of hydrogen-bond acceptors (Lipinski definition) is 7. The zero-order valence-electron chi connectivity index (χ0n) is 21.3. The van der Waals surface area contributed by atoms with Gasteiger partial charge in [-0.2, -0.15) is 4.98 Å². The number of anilines is 2. The van der Waals surface area contributed by atoms with E-state index >= 15 is 0 Å². The van der Waals surface area contributed by atoms with Crippen molar-refractivity contribution in [2.24, 2.45) is 5.73 Å². The molecule has 1 aromatic heterocycles. The SMILES string of the molecule is CC(C)(N)C(=O)NCCC1C(Nc2nccc(N3CCCCCC3)n2)CCN1C1CCCCC1. The molecule has 4 N–H and O–H groups in total. The van der Waals surface area contributed by atoms with Gasteiger partial charge in [0.2, 0.25) is 11.9 Å². The summed E-state index contributed by atoms with van der Waals surface area (Å²) in [5.41, 5.74) is 5.13. The van der Waals surface area contributed by atoms with Gasteiger partial charge in [0.1, 0.15) is 5.82 Å². The summed E-state index contributed by atoms with van der Waals surface area (Å²) in [6.07, 6.45) is 15.5. The van der Waals surface area contributed by atoms with Crippen LogP contribution in [0, 0.1) is 0 Å². The van der Waals surface area contributed by atoms with Crippen molar-refractivity contribution in [2.75, 3.05) is 36.4 Å². The van der Waals surface area contributed by atoms with Crippen LogP contribution in [0.15, 0.2) is 12.3 Å². The first-order valence-corrected chi connectivity index (χ1v) is 13.6. The summed E-state index contributed by atoms with van der Waals surface area (Å²) in [6.45, 7) is 7.40. The van der Waals surface area contributed by atoms with Gasteiger partial charge in [0.05, 0.1) is 5.54 Å². The molecule has 1 amide bonds. The molecule has 190 valence electrons. The zero-order valence-corrected chi connectivity index (χ0v) is 21.3. The van der Waals surface area contributed by atoms with E-state index in [0.29, 0.717) is 18.6 Å². The second kappa shape index (κ2) is 11.7. The van der Waals surface area contributed by atoms with E-state index in [4.69, 9.17) is 10.7 Å². The molecule has 34 heavy (non-hydrogen) atoms. The molecule has 0 aromatic carbocycles. The average molecular weight is 472 g/mol. The molecule has 1 saturated carbocycles. The molecular formula is C26H45N7O. The maximum atomic E-state index is 12.3. The molecule has 8 heteroatoms. The van der Waals surface area contributed by atoms with E-state index < -0.39 is 5.54 Å². The number of carbonyl (C=O) groups is 1. The van der Waals surface area contributed by atoms with Crippen LogP contribution in [-0.4, -0.2) is 70.6 Å². The van der Waals surface area contributed by atoms with Crippen molar-refractivity contribution in [3.8, 4) is 0 Å². The van der Waals surface area contributed by atoms with Crippen LogP contribution in [0.4, 0.5) is 11.8 Å². The van der Waals surface area contributed by atoms with E-state index in [-0.39, 0.29) is 11.9 Å². The lowest BCUT2D eigenvalue weighted by Crippen LogP contribution is -2.51. The summed E-state index contributed by atoms with van der Waals surface area (Å²) in [5, 5.41) is 6.75. The molecule has 2 atom stereocenters. The van der Waals surface area contributed by atoms with Gasteiger partial charge in [0.25, 0.3) is 0 Å². The number of nitrogens with two attached hydrogens (primary N) is 1. The van der Waals surface area contributed by atoms with Gasteiger partial charge >= 0.3 is 0 Å². The van der Waals surface area contributed by atoms with Crippen molar-refractivity contribution < 1.29 is 4.79 Å². The van der Waals surface area contributed by atoms with Crippen LogP contribution in [0.25, 0.3) is 0 Å². The number of amides is 1. The Hall–Kier alpha value is -1.93. The molecule has 0 spiro atoms. The molecule has 0 bridgehead atoms. The molecule has 3 fully saturated rings. The Kier molecular flexibility index (Phi) is 8.64. The van der Waals surface area contributed by atoms with Crippen LogP contribution >= 0.6 is 0 Å². The fourth-order valence-corrected chi connectivity index (χ4v) is 5.90. The molecule has 1 aromatic rings. The predicted octanol–water partition coefficient (Wildman–Crippen LogP) is 3.29. The fraction of sp³-hybridized carbons (Fsp3) is 0.808.